The number of amides is 2. The van der Waals surface area contributed by atoms with Crippen LogP contribution in [0, 0.1) is 11.3 Å². The van der Waals surface area contributed by atoms with E-state index >= 15 is 0 Å². The Kier molecular flexibility index (Phi) is 3.67. The predicted octanol–water partition coefficient (Wildman–Crippen LogP) is 1.35. The van der Waals surface area contributed by atoms with Crippen LogP contribution in [0.5, 0.6) is 0 Å². The number of morpholine rings is 1. The third-order valence-corrected chi connectivity index (χ3v) is 5.69. The van der Waals surface area contributed by atoms with Crippen molar-refractivity contribution in [2.24, 2.45) is 11.3 Å². The number of carbonyl (C=O) groups is 2. The first kappa shape index (κ1) is 17.4. The summed E-state index contributed by atoms with van der Waals surface area (Å²) in [6.45, 7) is 10.4. The second-order valence-electron chi connectivity index (χ2n) is 9.24. The second-order valence-corrected chi connectivity index (χ2v) is 9.24. The molecule has 0 aromatic carbocycles. The molecule has 140 valence electrons. The lowest BCUT2D eigenvalue weighted by Crippen LogP contribution is -2.74. The number of hydrogen-bond acceptors (Lipinski definition) is 5. The van der Waals surface area contributed by atoms with E-state index in [9.17, 15) is 9.59 Å². The van der Waals surface area contributed by atoms with Crippen molar-refractivity contribution in [1.82, 2.24) is 19.8 Å². The minimum Gasteiger partial charge on any atom is -0.362 e. The van der Waals surface area contributed by atoms with Crippen molar-refractivity contribution < 1.29 is 14.3 Å². The predicted molar refractivity (Wildman–Crippen MR) is 94.3 cm³/mol. The van der Waals surface area contributed by atoms with Gasteiger partial charge >= 0.3 is 0 Å². The van der Waals surface area contributed by atoms with Crippen LogP contribution in [0.3, 0.4) is 0 Å². The van der Waals surface area contributed by atoms with Gasteiger partial charge in [0.2, 0.25) is 5.91 Å². The molecule has 1 aliphatic carbocycles. The zero-order chi connectivity index (χ0) is 18.7. The van der Waals surface area contributed by atoms with E-state index in [0.717, 1.165) is 6.42 Å². The number of hydrogen-bond donors (Lipinski definition) is 0. The standard InChI is InChI=1S/C19H26N4O3/c1-17(2)7-13(17)15(24)22-9-18(3,4)26-19(10-22)11-23(12-19)16(25)14-8-20-5-6-21-14/h5-6,8,13H,7,9-12H2,1-4H3/t13-/m1/s1. The highest BCUT2D eigenvalue weighted by atomic mass is 16.5. The Hall–Kier alpha value is -2.02. The third kappa shape index (κ3) is 2.98. The molecule has 1 aromatic heterocycles. The van der Waals surface area contributed by atoms with Crippen molar-refractivity contribution in [2.45, 2.75) is 45.3 Å². The highest BCUT2D eigenvalue weighted by molar-refractivity contribution is 5.92. The molecule has 26 heavy (non-hydrogen) atoms. The Bertz CT molecular complexity index is 740. The molecule has 2 aliphatic heterocycles. The van der Waals surface area contributed by atoms with Crippen LogP contribution in [-0.2, 0) is 9.53 Å². The summed E-state index contributed by atoms with van der Waals surface area (Å²) >= 11 is 0. The summed E-state index contributed by atoms with van der Waals surface area (Å²) in [5, 5.41) is 0. The lowest BCUT2D eigenvalue weighted by molar-refractivity contribution is -0.238. The van der Waals surface area contributed by atoms with E-state index in [2.05, 4.69) is 23.8 Å². The Morgan fingerprint density at radius 3 is 2.31 bits per heavy atom. The number of nitrogens with zero attached hydrogens (tertiary/aromatic N) is 4. The van der Waals surface area contributed by atoms with Gasteiger partial charge in [0.1, 0.15) is 11.3 Å². The zero-order valence-electron chi connectivity index (χ0n) is 15.9. The molecule has 1 aromatic rings. The van der Waals surface area contributed by atoms with Crippen molar-refractivity contribution in [2.75, 3.05) is 26.2 Å². The van der Waals surface area contributed by atoms with Gasteiger partial charge in [-0.1, -0.05) is 13.8 Å². The van der Waals surface area contributed by atoms with Crippen LogP contribution in [-0.4, -0.2) is 69.0 Å². The van der Waals surface area contributed by atoms with Gasteiger partial charge in [-0.25, -0.2) is 4.98 Å². The van der Waals surface area contributed by atoms with Gasteiger partial charge in [0, 0.05) is 24.9 Å². The van der Waals surface area contributed by atoms with Crippen LogP contribution in [0.4, 0.5) is 0 Å². The number of rotatable bonds is 2. The van der Waals surface area contributed by atoms with Gasteiger partial charge in [0.05, 0.1) is 31.4 Å². The fourth-order valence-electron chi connectivity index (χ4n) is 4.31. The molecular formula is C19H26N4O3. The van der Waals surface area contributed by atoms with Crippen molar-refractivity contribution in [1.29, 1.82) is 0 Å². The second kappa shape index (κ2) is 5.49. The summed E-state index contributed by atoms with van der Waals surface area (Å²) in [6.07, 6.45) is 5.49. The molecule has 3 aliphatic rings. The van der Waals surface area contributed by atoms with Gasteiger partial charge in [-0.05, 0) is 25.7 Å². The van der Waals surface area contributed by atoms with E-state index < -0.39 is 11.2 Å². The maximum absolute atomic E-state index is 12.9. The minimum absolute atomic E-state index is 0.111. The Balaban J connectivity index is 1.45. The van der Waals surface area contributed by atoms with E-state index in [1.54, 1.807) is 11.1 Å². The van der Waals surface area contributed by atoms with Crippen molar-refractivity contribution in [3.63, 3.8) is 0 Å². The van der Waals surface area contributed by atoms with Gasteiger partial charge in [-0.2, -0.15) is 0 Å². The van der Waals surface area contributed by atoms with E-state index in [1.807, 2.05) is 18.7 Å². The van der Waals surface area contributed by atoms with E-state index in [1.165, 1.54) is 12.4 Å². The van der Waals surface area contributed by atoms with Crippen LogP contribution < -0.4 is 0 Å². The minimum atomic E-state index is -0.478. The molecule has 3 heterocycles. The van der Waals surface area contributed by atoms with Gasteiger partial charge in [0.25, 0.3) is 5.91 Å². The molecule has 3 fully saturated rings. The molecule has 0 radical (unpaired) electrons. The molecule has 7 heteroatoms. The van der Waals surface area contributed by atoms with Crippen molar-refractivity contribution >= 4 is 11.8 Å². The van der Waals surface area contributed by atoms with E-state index in [4.69, 9.17) is 4.74 Å². The maximum atomic E-state index is 12.9. The van der Waals surface area contributed by atoms with Crippen molar-refractivity contribution in [3.8, 4) is 0 Å². The number of carbonyl (C=O) groups excluding carboxylic acids is 2. The Morgan fingerprint density at radius 1 is 1.08 bits per heavy atom. The molecular weight excluding hydrogens is 332 g/mol. The van der Waals surface area contributed by atoms with Gasteiger partial charge < -0.3 is 14.5 Å². The van der Waals surface area contributed by atoms with Crippen LogP contribution in [0.2, 0.25) is 0 Å². The zero-order valence-corrected chi connectivity index (χ0v) is 15.9. The molecule has 2 amide bonds. The normalized spacial score (nSPS) is 27.8. The quantitative estimate of drug-likeness (QED) is 0.798. The molecule has 1 saturated carbocycles. The van der Waals surface area contributed by atoms with Gasteiger partial charge in [0.15, 0.2) is 0 Å². The lowest BCUT2D eigenvalue weighted by Gasteiger charge is -2.58. The number of ether oxygens (including phenoxy) is 1. The molecule has 0 N–H and O–H groups in total. The van der Waals surface area contributed by atoms with E-state index in [0.29, 0.717) is 31.9 Å². The van der Waals surface area contributed by atoms with Crippen LogP contribution in [0.25, 0.3) is 0 Å². The van der Waals surface area contributed by atoms with Crippen LogP contribution in [0.1, 0.15) is 44.6 Å². The summed E-state index contributed by atoms with van der Waals surface area (Å²) in [5.41, 5.74) is -0.450. The first-order valence-electron chi connectivity index (χ1n) is 9.15. The van der Waals surface area contributed by atoms with Crippen LogP contribution in [0.15, 0.2) is 18.6 Å². The summed E-state index contributed by atoms with van der Waals surface area (Å²) in [5.74, 6) is 0.201. The monoisotopic (exact) mass is 358 g/mol. The average molecular weight is 358 g/mol. The molecule has 0 bridgehead atoms. The highest BCUT2D eigenvalue weighted by Crippen LogP contribution is 2.53. The topological polar surface area (TPSA) is 75.6 Å². The van der Waals surface area contributed by atoms with E-state index in [-0.39, 0.29) is 23.1 Å². The number of aromatic nitrogens is 2. The third-order valence-electron chi connectivity index (χ3n) is 5.69. The molecule has 7 nitrogen and oxygen atoms in total. The molecule has 1 spiro atoms. The molecule has 2 saturated heterocycles. The van der Waals surface area contributed by atoms with Gasteiger partial charge in [-0.3, -0.25) is 14.6 Å². The average Bonchev–Trinajstić information content (AvgIpc) is 3.19. The fourth-order valence-corrected chi connectivity index (χ4v) is 4.31. The maximum Gasteiger partial charge on any atom is 0.274 e. The lowest BCUT2D eigenvalue weighted by atomic mass is 9.87. The fraction of sp³-hybridized carbons (Fsp3) is 0.684. The molecule has 4 rings (SSSR count). The summed E-state index contributed by atoms with van der Waals surface area (Å²) in [6, 6.07) is 0. The summed E-state index contributed by atoms with van der Waals surface area (Å²) < 4.78 is 6.32. The van der Waals surface area contributed by atoms with Crippen molar-refractivity contribution in [3.05, 3.63) is 24.3 Å². The van der Waals surface area contributed by atoms with Gasteiger partial charge in [-0.15, -0.1) is 0 Å². The highest BCUT2D eigenvalue weighted by Gasteiger charge is 2.58. The van der Waals surface area contributed by atoms with Crippen LogP contribution >= 0.6 is 0 Å². The largest absolute Gasteiger partial charge is 0.362 e. The first-order chi connectivity index (χ1) is 12.1. The molecule has 1 atom stereocenters. The Morgan fingerprint density at radius 2 is 1.73 bits per heavy atom. The Labute approximate surface area is 153 Å². The summed E-state index contributed by atoms with van der Waals surface area (Å²) in [7, 11) is 0. The number of likely N-dealkylation sites (tertiary alicyclic amines) is 1. The first-order valence-corrected chi connectivity index (χ1v) is 9.15. The molecule has 0 unspecified atom stereocenters. The SMILES string of the molecule is CC1(C)CN(C(=O)[C@H]2CC2(C)C)CC2(CN(C(=O)c3cnccn3)C2)O1. The smallest absolute Gasteiger partial charge is 0.274 e. The summed E-state index contributed by atoms with van der Waals surface area (Å²) in [4.78, 5) is 37.1.